The Kier molecular flexibility index (Phi) is 2.76. The summed E-state index contributed by atoms with van der Waals surface area (Å²) in [6.07, 6.45) is -0.270. The molecule has 1 aliphatic heterocycles. The highest BCUT2D eigenvalue weighted by atomic mass is 16.5. The van der Waals surface area contributed by atoms with E-state index in [0.717, 1.165) is 0 Å². The summed E-state index contributed by atoms with van der Waals surface area (Å²) in [6.45, 7) is 0.880. The molecule has 1 aliphatic rings. The van der Waals surface area contributed by atoms with Crippen LogP contribution >= 0.6 is 0 Å². The van der Waals surface area contributed by atoms with Gasteiger partial charge in [-0.05, 0) is 12.1 Å². The molecule has 0 radical (unpaired) electrons. The molecule has 84 valence electrons. The Labute approximate surface area is 92.8 Å². The fourth-order valence-corrected chi connectivity index (χ4v) is 1.67. The Hall–Kier alpha value is -2.04. The molecule has 2 amide bonds. The zero-order chi connectivity index (χ0) is 11.5. The van der Waals surface area contributed by atoms with Gasteiger partial charge in [0.2, 0.25) is 11.8 Å². The van der Waals surface area contributed by atoms with E-state index in [4.69, 9.17) is 10.5 Å². The summed E-state index contributed by atoms with van der Waals surface area (Å²) in [5.74, 6) is -0.246. The van der Waals surface area contributed by atoms with Crippen molar-refractivity contribution in [3.05, 3.63) is 24.3 Å². The van der Waals surface area contributed by atoms with Gasteiger partial charge >= 0.3 is 0 Å². The number of carbonyl (C=O) groups excluding carboxylic acids is 2. The molecule has 0 unspecified atom stereocenters. The van der Waals surface area contributed by atoms with Crippen molar-refractivity contribution in [2.45, 2.75) is 6.42 Å². The fraction of sp³-hybridized carbons (Fsp3) is 0.273. The van der Waals surface area contributed by atoms with Crippen LogP contribution in [-0.2, 0) is 9.59 Å². The molecule has 0 spiro atoms. The first kappa shape index (κ1) is 10.5. The van der Waals surface area contributed by atoms with E-state index in [1.54, 1.807) is 12.1 Å². The largest absolute Gasteiger partial charge is 0.490 e. The number of primary amides is 1. The standard InChI is InChI=1S/C11H12N2O3/c12-10(14)7-11(15)13-5-6-16-9-4-2-1-3-8(9)13/h1-4H,5-7H2,(H2,12,14). The maximum atomic E-state index is 11.7. The quantitative estimate of drug-likeness (QED) is 0.728. The number of anilines is 1. The maximum Gasteiger partial charge on any atom is 0.236 e. The summed E-state index contributed by atoms with van der Waals surface area (Å²) in [5, 5.41) is 0. The minimum absolute atomic E-state index is 0.270. The summed E-state index contributed by atoms with van der Waals surface area (Å²) in [4.78, 5) is 24.0. The van der Waals surface area contributed by atoms with Crippen LogP contribution in [0.5, 0.6) is 5.75 Å². The number of nitrogens with zero attached hydrogens (tertiary/aromatic N) is 1. The van der Waals surface area contributed by atoms with E-state index < -0.39 is 5.91 Å². The molecule has 0 aliphatic carbocycles. The van der Waals surface area contributed by atoms with Crippen molar-refractivity contribution in [1.82, 2.24) is 0 Å². The molecule has 0 saturated heterocycles. The lowest BCUT2D eigenvalue weighted by Gasteiger charge is -2.29. The highest BCUT2D eigenvalue weighted by Crippen LogP contribution is 2.31. The highest BCUT2D eigenvalue weighted by molar-refractivity contribution is 6.05. The van der Waals surface area contributed by atoms with Crippen LogP contribution in [0.2, 0.25) is 0 Å². The van der Waals surface area contributed by atoms with Crippen LogP contribution in [0.3, 0.4) is 0 Å². The number of hydrogen-bond acceptors (Lipinski definition) is 3. The SMILES string of the molecule is NC(=O)CC(=O)N1CCOc2ccccc21. The molecule has 1 aromatic carbocycles. The van der Waals surface area contributed by atoms with Gasteiger partial charge in [-0.2, -0.15) is 0 Å². The van der Waals surface area contributed by atoms with E-state index in [2.05, 4.69) is 0 Å². The molecule has 5 nitrogen and oxygen atoms in total. The Morgan fingerprint density at radius 1 is 1.38 bits per heavy atom. The van der Waals surface area contributed by atoms with Crippen molar-refractivity contribution < 1.29 is 14.3 Å². The fourth-order valence-electron chi connectivity index (χ4n) is 1.67. The van der Waals surface area contributed by atoms with E-state index in [0.29, 0.717) is 24.6 Å². The van der Waals surface area contributed by atoms with E-state index in [1.807, 2.05) is 12.1 Å². The van der Waals surface area contributed by atoms with Crippen LogP contribution in [0.1, 0.15) is 6.42 Å². The summed E-state index contributed by atoms with van der Waals surface area (Å²) in [7, 11) is 0. The number of hydrogen-bond donors (Lipinski definition) is 1. The molecular formula is C11H12N2O3. The minimum Gasteiger partial charge on any atom is -0.490 e. The highest BCUT2D eigenvalue weighted by Gasteiger charge is 2.23. The van der Waals surface area contributed by atoms with Crippen LogP contribution in [0.4, 0.5) is 5.69 Å². The third kappa shape index (κ3) is 1.98. The third-order valence-corrected chi connectivity index (χ3v) is 2.36. The molecule has 5 heteroatoms. The van der Waals surface area contributed by atoms with Crippen LogP contribution in [0.25, 0.3) is 0 Å². The molecule has 0 fully saturated rings. The lowest BCUT2D eigenvalue weighted by molar-refractivity contribution is -0.126. The van der Waals surface area contributed by atoms with Crippen LogP contribution in [-0.4, -0.2) is 25.0 Å². The molecular weight excluding hydrogens is 208 g/mol. The molecule has 0 saturated carbocycles. The van der Waals surface area contributed by atoms with Gasteiger partial charge < -0.3 is 15.4 Å². The number of amides is 2. The number of para-hydroxylation sites is 2. The van der Waals surface area contributed by atoms with Crippen LogP contribution in [0.15, 0.2) is 24.3 Å². The Bertz CT molecular complexity index is 431. The first-order valence-corrected chi connectivity index (χ1v) is 4.99. The molecule has 1 heterocycles. The smallest absolute Gasteiger partial charge is 0.236 e. The monoisotopic (exact) mass is 220 g/mol. The summed E-state index contributed by atoms with van der Waals surface area (Å²) >= 11 is 0. The molecule has 0 bridgehead atoms. The van der Waals surface area contributed by atoms with Crippen LogP contribution < -0.4 is 15.4 Å². The second kappa shape index (κ2) is 4.22. The number of fused-ring (bicyclic) bond motifs is 1. The van der Waals surface area contributed by atoms with Crippen LogP contribution in [0, 0.1) is 0 Å². The normalized spacial score (nSPS) is 13.9. The zero-order valence-corrected chi connectivity index (χ0v) is 8.68. The van der Waals surface area contributed by atoms with Crippen molar-refractivity contribution in [3.8, 4) is 5.75 Å². The Balaban J connectivity index is 2.24. The molecule has 16 heavy (non-hydrogen) atoms. The lowest BCUT2D eigenvalue weighted by atomic mass is 10.2. The van der Waals surface area contributed by atoms with Gasteiger partial charge in [-0.1, -0.05) is 12.1 Å². The average Bonchev–Trinajstić information content (AvgIpc) is 2.27. The van der Waals surface area contributed by atoms with Crippen molar-refractivity contribution >= 4 is 17.5 Å². The van der Waals surface area contributed by atoms with E-state index >= 15 is 0 Å². The van der Waals surface area contributed by atoms with Gasteiger partial charge in [-0.15, -0.1) is 0 Å². The second-order valence-corrected chi connectivity index (χ2v) is 3.50. The maximum absolute atomic E-state index is 11.7. The molecule has 2 rings (SSSR count). The summed E-state index contributed by atoms with van der Waals surface area (Å²) in [6, 6.07) is 7.23. The number of carbonyl (C=O) groups is 2. The van der Waals surface area contributed by atoms with Crippen molar-refractivity contribution in [2.75, 3.05) is 18.1 Å². The van der Waals surface area contributed by atoms with Gasteiger partial charge in [-0.25, -0.2) is 0 Å². The first-order valence-electron chi connectivity index (χ1n) is 4.99. The van der Waals surface area contributed by atoms with E-state index in [9.17, 15) is 9.59 Å². The topological polar surface area (TPSA) is 72.6 Å². The lowest BCUT2D eigenvalue weighted by Crippen LogP contribution is -2.39. The average molecular weight is 220 g/mol. The second-order valence-electron chi connectivity index (χ2n) is 3.50. The summed E-state index contributed by atoms with van der Waals surface area (Å²) < 4.78 is 5.40. The van der Waals surface area contributed by atoms with Gasteiger partial charge in [0.15, 0.2) is 0 Å². The van der Waals surface area contributed by atoms with Crippen molar-refractivity contribution in [2.24, 2.45) is 5.73 Å². The predicted molar refractivity (Wildman–Crippen MR) is 58.1 cm³/mol. The number of rotatable bonds is 2. The number of nitrogens with two attached hydrogens (primary N) is 1. The zero-order valence-electron chi connectivity index (χ0n) is 8.68. The van der Waals surface area contributed by atoms with Gasteiger partial charge in [0.25, 0.3) is 0 Å². The molecule has 0 atom stereocenters. The third-order valence-electron chi connectivity index (χ3n) is 2.36. The van der Waals surface area contributed by atoms with E-state index in [1.165, 1.54) is 4.90 Å². The molecule has 1 aromatic rings. The number of ether oxygens (including phenoxy) is 1. The predicted octanol–water partition coefficient (Wildman–Crippen LogP) is 0.287. The molecule has 2 N–H and O–H groups in total. The van der Waals surface area contributed by atoms with Gasteiger partial charge in [0, 0.05) is 0 Å². The van der Waals surface area contributed by atoms with Gasteiger partial charge in [0.05, 0.1) is 12.2 Å². The van der Waals surface area contributed by atoms with Gasteiger partial charge in [-0.3, -0.25) is 9.59 Å². The Morgan fingerprint density at radius 3 is 2.88 bits per heavy atom. The minimum atomic E-state index is -0.617. The first-order chi connectivity index (χ1) is 7.68. The Morgan fingerprint density at radius 2 is 2.12 bits per heavy atom. The van der Waals surface area contributed by atoms with Gasteiger partial charge in [0.1, 0.15) is 18.8 Å². The molecule has 0 aromatic heterocycles. The van der Waals surface area contributed by atoms with Crippen molar-refractivity contribution in [1.29, 1.82) is 0 Å². The summed E-state index contributed by atoms with van der Waals surface area (Å²) in [5.41, 5.74) is 5.70. The number of benzene rings is 1. The van der Waals surface area contributed by atoms with Crippen molar-refractivity contribution in [3.63, 3.8) is 0 Å². The van der Waals surface area contributed by atoms with E-state index in [-0.39, 0.29) is 12.3 Å².